The van der Waals surface area contributed by atoms with Crippen LogP contribution < -0.4 is 5.73 Å². The van der Waals surface area contributed by atoms with E-state index >= 15 is 0 Å². The van der Waals surface area contributed by atoms with Gasteiger partial charge in [0.1, 0.15) is 0 Å². The minimum Gasteiger partial charge on any atom is -0.469 e. The Hall–Kier alpha value is -1.18. The van der Waals surface area contributed by atoms with Crippen LogP contribution in [-0.2, 0) is 19.1 Å². The van der Waals surface area contributed by atoms with E-state index in [1.165, 1.54) is 14.2 Å². The quantitative estimate of drug-likeness (QED) is 0.482. The molecule has 0 saturated carbocycles. The topological polar surface area (TPSA) is 85.1 Å². The fourth-order valence-electron chi connectivity index (χ4n) is 2.16. The summed E-state index contributed by atoms with van der Waals surface area (Å²) in [6, 6.07) is 0. The molecule has 0 spiro atoms. The number of rotatable bonds is 13. The van der Waals surface area contributed by atoms with Crippen molar-refractivity contribution in [2.24, 2.45) is 5.73 Å². The Kier molecular flexibility index (Phi) is 12.8. The Morgan fingerprint density at radius 1 is 0.818 bits per heavy atom. The van der Waals surface area contributed by atoms with E-state index in [9.17, 15) is 9.59 Å². The van der Waals surface area contributed by atoms with Crippen LogP contribution in [0.1, 0.15) is 26.2 Å². The molecule has 0 aromatic carbocycles. The van der Waals surface area contributed by atoms with E-state index in [2.05, 4.69) is 26.2 Å². The smallest absolute Gasteiger partial charge is 0.306 e. The minimum absolute atomic E-state index is 0.189. The third kappa shape index (κ3) is 10.5. The van der Waals surface area contributed by atoms with Crippen molar-refractivity contribution in [3.63, 3.8) is 0 Å². The van der Waals surface area contributed by atoms with Gasteiger partial charge in [-0.1, -0.05) is 6.92 Å². The summed E-state index contributed by atoms with van der Waals surface area (Å²) < 4.78 is 9.34. The molecule has 0 aliphatic carbocycles. The molecule has 0 saturated heterocycles. The molecular weight excluding hydrogens is 286 g/mol. The van der Waals surface area contributed by atoms with Crippen LogP contribution in [0.3, 0.4) is 0 Å². The van der Waals surface area contributed by atoms with Gasteiger partial charge in [0.2, 0.25) is 0 Å². The Labute approximate surface area is 133 Å². The van der Waals surface area contributed by atoms with Gasteiger partial charge < -0.3 is 25.0 Å². The lowest BCUT2D eigenvalue weighted by Gasteiger charge is -2.26. The molecule has 0 aromatic rings. The first-order valence-corrected chi connectivity index (χ1v) is 7.85. The second-order valence-electron chi connectivity index (χ2n) is 5.12. The Bertz CT molecular complexity index is 283. The Balaban J connectivity index is 4.23. The van der Waals surface area contributed by atoms with E-state index in [1.54, 1.807) is 0 Å². The second-order valence-corrected chi connectivity index (χ2v) is 5.12. The third-order valence-electron chi connectivity index (χ3n) is 3.44. The van der Waals surface area contributed by atoms with E-state index in [0.29, 0.717) is 32.5 Å². The predicted octanol–water partition coefficient (Wildman–Crippen LogP) is 0.0853. The van der Waals surface area contributed by atoms with Gasteiger partial charge in [0.05, 0.1) is 27.1 Å². The molecule has 0 aliphatic heterocycles. The molecule has 0 unspecified atom stereocenters. The molecule has 0 bridgehead atoms. The Morgan fingerprint density at radius 3 is 1.64 bits per heavy atom. The number of carbonyl (C=O) groups is 2. The van der Waals surface area contributed by atoms with Crippen molar-refractivity contribution in [1.82, 2.24) is 9.80 Å². The number of hydrogen-bond donors (Lipinski definition) is 1. The second kappa shape index (κ2) is 13.5. The van der Waals surface area contributed by atoms with Gasteiger partial charge in [0, 0.05) is 39.3 Å². The maximum atomic E-state index is 11.2. The van der Waals surface area contributed by atoms with Crippen LogP contribution in [-0.4, -0.2) is 81.8 Å². The largest absolute Gasteiger partial charge is 0.469 e. The fourth-order valence-corrected chi connectivity index (χ4v) is 2.16. The number of ether oxygens (including phenoxy) is 2. The zero-order valence-corrected chi connectivity index (χ0v) is 14.2. The summed E-state index contributed by atoms with van der Waals surface area (Å²) >= 11 is 0. The molecule has 7 nitrogen and oxygen atoms in total. The predicted molar refractivity (Wildman–Crippen MR) is 85.5 cm³/mol. The lowest BCUT2D eigenvalue weighted by molar-refractivity contribution is -0.142. The van der Waals surface area contributed by atoms with Crippen molar-refractivity contribution < 1.29 is 19.1 Å². The minimum atomic E-state index is -0.210. The zero-order valence-electron chi connectivity index (χ0n) is 14.2. The standard InChI is InChI=1S/C15H31N3O4/c1-4-8-17(9-5-14(19)21-2)12-13-18(11-7-16)10-6-15(20)22-3/h4-13,16H2,1-3H3. The van der Waals surface area contributed by atoms with E-state index in [0.717, 1.165) is 32.6 Å². The summed E-state index contributed by atoms with van der Waals surface area (Å²) in [6.07, 6.45) is 1.79. The molecule has 0 heterocycles. The summed E-state index contributed by atoms with van der Waals surface area (Å²) in [5, 5.41) is 0. The number of hydrogen-bond acceptors (Lipinski definition) is 7. The van der Waals surface area contributed by atoms with Gasteiger partial charge >= 0.3 is 11.9 Å². The number of nitrogens with zero attached hydrogens (tertiary/aromatic N) is 2. The van der Waals surface area contributed by atoms with Crippen molar-refractivity contribution in [3.05, 3.63) is 0 Å². The van der Waals surface area contributed by atoms with Crippen molar-refractivity contribution in [3.8, 4) is 0 Å². The van der Waals surface area contributed by atoms with E-state index in [4.69, 9.17) is 5.73 Å². The molecule has 0 amide bonds. The molecule has 2 N–H and O–H groups in total. The maximum Gasteiger partial charge on any atom is 0.306 e. The van der Waals surface area contributed by atoms with E-state index in [1.807, 2.05) is 0 Å². The van der Waals surface area contributed by atoms with Gasteiger partial charge in [-0.15, -0.1) is 0 Å². The van der Waals surface area contributed by atoms with Gasteiger partial charge in [-0.25, -0.2) is 0 Å². The van der Waals surface area contributed by atoms with Crippen LogP contribution in [0.25, 0.3) is 0 Å². The van der Waals surface area contributed by atoms with E-state index in [-0.39, 0.29) is 11.9 Å². The SMILES string of the molecule is CCCN(CCC(=O)OC)CCN(CCN)CCC(=O)OC. The summed E-state index contributed by atoms with van der Waals surface area (Å²) in [5.74, 6) is -0.399. The number of carbonyl (C=O) groups excluding carboxylic acids is 2. The molecular formula is C15H31N3O4. The molecule has 0 rings (SSSR count). The van der Waals surface area contributed by atoms with Crippen LogP contribution in [0.2, 0.25) is 0 Å². The lowest BCUT2D eigenvalue weighted by atomic mass is 10.3. The molecule has 7 heteroatoms. The number of methoxy groups -OCH3 is 2. The normalized spacial score (nSPS) is 11.0. The first kappa shape index (κ1) is 20.8. The van der Waals surface area contributed by atoms with Gasteiger partial charge in [-0.2, -0.15) is 0 Å². The van der Waals surface area contributed by atoms with Crippen molar-refractivity contribution >= 4 is 11.9 Å². The third-order valence-corrected chi connectivity index (χ3v) is 3.44. The van der Waals surface area contributed by atoms with Gasteiger partial charge in [-0.05, 0) is 13.0 Å². The number of nitrogens with two attached hydrogens (primary N) is 1. The molecule has 0 atom stereocenters. The monoisotopic (exact) mass is 317 g/mol. The summed E-state index contributed by atoms with van der Waals surface area (Å²) in [6.45, 7) is 7.33. The summed E-state index contributed by atoms with van der Waals surface area (Å²) in [5.41, 5.74) is 5.62. The molecule has 130 valence electrons. The maximum absolute atomic E-state index is 11.2. The molecule has 0 radical (unpaired) electrons. The molecule has 22 heavy (non-hydrogen) atoms. The highest BCUT2D eigenvalue weighted by Gasteiger charge is 2.12. The molecule has 0 fully saturated rings. The number of esters is 2. The average Bonchev–Trinajstić information content (AvgIpc) is 2.53. The van der Waals surface area contributed by atoms with Crippen LogP contribution in [0.4, 0.5) is 0 Å². The van der Waals surface area contributed by atoms with Crippen LogP contribution in [0, 0.1) is 0 Å². The van der Waals surface area contributed by atoms with Gasteiger partial charge in [0.15, 0.2) is 0 Å². The zero-order chi connectivity index (χ0) is 16.8. The van der Waals surface area contributed by atoms with Gasteiger partial charge in [-0.3, -0.25) is 9.59 Å². The highest BCUT2D eigenvalue weighted by atomic mass is 16.5. The van der Waals surface area contributed by atoms with E-state index < -0.39 is 0 Å². The summed E-state index contributed by atoms with van der Waals surface area (Å²) in [4.78, 5) is 26.9. The fraction of sp³-hybridized carbons (Fsp3) is 0.867. The lowest BCUT2D eigenvalue weighted by Crippen LogP contribution is -2.39. The first-order chi connectivity index (χ1) is 10.6. The van der Waals surface area contributed by atoms with Crippen molar-refractivity contribution in [1.29, 1.82) is 0 Å². The molecule has 0 aliphatic rings. The first-order valence-electron chi connectivity index (χ1n) is 7.85. The highest BCUT2D eigenvalue weighted by Crippen LogP contribution is 1.99. The van der Waals surface area contributed by atoms with Gasteiger partial charge in [0.25, 0.3) is 0 Å². The Morgan fingerprint density at radius 2 is 1.27 bits per heavy atom. The van der Waals surface area contributed by atoms with Crippen molar-refractivity contribution in [2.75, 3.05) is 60.0 Å². The van der Waals surface area contributed by atoms with Crippen LogP contribution >= 0.6 is 0 Å². The average molecular weight is 317 g/mol. The van der Waals surface area contributed by atoms with Crippen LogP contribution in [0.5, 0.6) is 0 Å². The molecule has 0 aromatic heterocycles. The van der Waals surface area contributed by atoms with Crippen molar-refractivity contribution in [2.45, 2.75) is 26.2 Å². The summed E-state index contributed by atoms with van der Waals surface area (Å²) in [7, 11) is 2.80. The van der Waals surface area contributed by atoms with Crippen LogP contribution in [0.15, 0.2) is 0 Å². The highest BCUT2D eigenvalue weighted by molar-refractivity contribution is 5.69.